The number of benzene rings is 1. The van der Waals surface area contributed by atoms with Gasteiger partial charge in [-0.25, -0.2) is 4.79 Å². The number of methoxy groups -OCH3 is 1. The van der Waals surface area contributed by atoms with Gasteiger partial charge in [-0.05, 0) is 84.2 Å². The number of carbonyl (C=O) groups excluding carboxylic acids is 3. The summed E-state index contributed by atoms with van der Waals surface area (Å²) in [4.78, 5) is 50.7. The van der Waals surface area contributed by atoms with Gasteiger partial charge in [0.15, 0.2) is 17.7 Å². The lowest BCUT2D eigenvalue weighted by Crippen LogP contribution is -2.60. The van der Waals surface area contributed by atoms with E-state index in [0.29, 0.717) is 63.6 Å². The maximum absolute atomic E-state index is 14.5. The number of nitrogens with zero attached hydrogens (tertiary/aromatic N) is 8. The number of nitrogens with two attached hydrogens (primary N) is 1. The summed E-state index contributed by atoms with van der Waals surface area (Å²) in [6.07, 6.45) is -0.293. The number of fused-ring (bicyclic) bond motifs is 1. The second kappa shape index (κ2) is 21.0. The highest BCUT2D eigenvalue weighted by Gasteiger charge is 2.60. The summed E-state index contributed by atoms with van der Waals surface area (Å²) >= 11 is 1.33. The van der Waals surface area contributed by atoms with E-state index >= 15 is 0 Å². The van der Waals surface area contributed by atoms with Gasteiger partial charge in [0.2, 0.25) is 5.13 Å². The second-order valence-electron chi connectivity index (χ2n) is 19.2. The monoisotopic (exact) mass is 951 g/mol. The Labute approximate surface area is 397 Å². The lowest BCUT2D eigenvalue weighted by Gasteiger charge is -2.47. The van der Waals surface area contributed by atoms with Crippen molar-refractivity contribution >= 4 is 40.0 Å². The molecule has 3 aromatic rings. The predicted octanol–water partition coefficient (Wildman–Crippen LogP) is 4.85. The number of rotatable bonds is 14. The average molecular weight is 952 g/mol. The van der Waals surface area contributed by atoms with Crippen molar-refractivity contribution in [2.24, 2.45) is 28.7 Å². The number of nitrogen functional groups attached to an aromatic ring is 1. The molecule has 0 radical (unpaired) electrons. The Morgan fingerprint density at radius 1 is 1.04 bits per heavy atom. The van der Waals surface area contributed by atoms with E-state index in [2.05, 4.69) is 32.3 Å². The van der Waals surface area contributed by atoms with Gasteiger partial charge in [0.1, 0.15) is 28.9 Å². The summed E-state index contributed by atoms with van der Waals surface area (Å²) in [7, 11) is 3.53. The third-order valence-corrected chi connectivity index (χ3v) is 15.2. The largest absolute Gasteiger partial charge is 0.494 e. The number of ketones is 1. The molecule has 4 aliphatic rings. The number of hydrogen-bond acceptors (Lipinski definition) is 18. The lowest BCUT2D eigenvalue weighted by molar-refractivity contribution is -0.295. The molecule has 368 valence electrons. The SMILES string of the molecule is CC[C@H]1OC(=O)[C@H](C)C(=O)[C@H](C)[C@@H](O[C@@H]2O[C@H](C)C[C@H](N(C)CCc3cn(CCCOc4ccc(-c5nnc(N)s5)cc4)nn3)[C@H]2O)[C@](C)(OC)C[C@@H](C)C2=NCCN3C(=O)O[C@@]1(C)[C@H]3[C@H]2C. The first kappa shape index (κ1) is 50.3. The first-order valence-electron chi connectivity index (χ1n) is 23.6. The molecule has 6 heterocycles. The van der Waals surface area contributed by atoms with Crippen LogP contribution < -0.4 is 10.5 Å². The van der Waals surface area contributed by atoms with Crippen LogP contribution in [0.15, 0.2) is 35.5 Å². The summed E-state index contributed by atoms with van der Waals surface area (Å²) < 4.78 is 39.6. The zero-order valence-corrected chi connectivity index (χ0v) is 41.3. The number of Topliss-reactive ketones (excluding diaryl/α,β-unsaturated/α-hetero) is 1. The quantitative estimate of drug-likeness (QED) is 0.125. The maximum atomic E-state index is 14.5. The molecule has 0 spiro atoms. The number of aliphatic hydroxyl groups excluding tert-OH is 1. The van der Waals surface area contributed by atoms with Gasteiger partial charge in [0.05, 0.1) is 42.7 Å². The average Bonchev–Trinajstić information content (AvgIpc) is 3.99. The van der Waals surface area contributed by atoms with Crippen LogP contribution in [0, 0.1) is 23.7 Å². The molecule has 67 heavy (non-hydrogen) atoms. The fourth-order valence-corrected chi connectivity index (χ4v) is 11.3. The first-order chi connectivity index (χ1) is 31.9. The van der Waals surface area contributed by atoms with Gasteiger partial charge in [0.25, 0.3) is 0 Å². The van der Waals surface area contributed by atoms with Gasteiger partial charge in [-0.1, -0.05) is 44.2 Å². The summed E-state index contributed by atoms with van der Waals surface area (Å²) in [5.41, 5.74) is 6.01. The van der Waals surface area contributed by atoms with Crippen molar-refractivity contribution in [1.82, 2.24) is 35.0 Å². The van der Waals surface area contributed by atoms with Gasteiger partial charge in [0, 0.05) is 74.9 Å². The molecule has 4 aliphatic heterocycles. The van der Waals surface area contributed by atoms with Gasteiger partial charge in [-0.15, -0.1) is 15.3 Å². The molecule has 0 aliphatic carbocycles. The number of cyclic esters (lactones) is 1. The highest BCUT2D eigenvalue weighted by molar-refractivity contribution is 7.18. The highest BCUT2D eigenvalue weighted by Crippen LogP contribution is 2.44. The smallest absolute Gasteiger partial charge is 0.410 e. The summed E-state index contributed by atoms with van der Waals surface area (Å²) in [6, 6.07) is 6.83. The molecule has 20 heteroatoms. The number of likely N-dealkylation sites (N-methyl/N-ethyl adjacent to an activating group) is 1. The number of aryl methyl sites for hydroxylation is 1. The van der Waals surface area contributed by atoms with Gasteiger partial charge < -0.3 is 44.2 Å². The molecule has 0 saturated carbocycles. The van der Waals surface area contributed by atoms with Gasteiger partial charge in [-0.2, -0.15) is 0 Å². The number of anilines is 1. The normalized spacial score (nSPS) is 34.0. The molecule has 19 nitrogen and oxygen atoms in total. The number of carbonyl (C=O) groups is 3. The van der Waals surface area contributed by atoms with Crippen LogP contribution in [0.4, 0.5) is 9.93 Å². The summed E-state index contributed by atoms with van der Waals surface area (Å²) in [5, 5.41) is 30.0. The molecule has 3 fully saturated rings. The van der Waals surface area contributed by atoms with Crippen LogP contribution in [-0.4, -0.2) is 158 Å². The third-order valence-electron chi connectivity index (χ3n) is 14.4. The third kappa shape index (κ3) is 10.7. The number of aliphatic imine (C=N–C) groups is 1. The molecule has 3 saturated heterocycles. The number of aromatic nitrogens is 5. The van der Waals surface area contributed by atoms with E-state index in [1.165, 1.54) is 18.3 Å². The van der Waals surface area contributed by atoms with E-state index in [1.54, 1.807) is 23.6 Å². The Hall–Kier alpha value is -4.60. The zero-order chi connectivity index (χ0) is 48.4. The van der Waals surface area contributed by atoms with Crippen LogP contribution in [0.3, 0.4) is 0 Å². The van der Waals surface area contributed by atoms with Crippen molar-refractivity contribution in [2.75, 3.05) is 46.1 Å². The van der Waals surface area contributed by atoms with Crippen LogP contribution in [0.25, 0.3) is 10.6 Å². The second-order valence-corrected chi connectivity index (χ2v) is 20.2. The Morgan fingerprint density at radius 3 is 2.48 bits per heavy atom. The molecule has 2 bridgehead atoms. The van der Waals surface area contributed by atoms with E-state index in [1.807, 2.05) is 72.1 Å². The first-order valence-corrected chi connectivity index (χ1v) is 24.4. The molecular formula is C47H69N9O10S. The van der Waals surface area contributed by atoms with Crippen LogP contribution in [0.5, 0.6) is 5.75 Å². The lowest BCUT2D eigenvalue weighted by atomic mass is 9.73. The Morgan fingerprint density at radius 2 is 1.79 bits per heavy atom. The molecule has 7 rings (SSSR count). The van der Waals surface area contributed by atoms with Crippen LogP contribution >= 0.6 is 11.3 Å². The van der Waals surface area contributed by atoms with Crippen molar-refractivity contribution in [3.05, 3.63) is 36.2 Å². The molecular weight excluding hydrogens is 883 g/mol. The predicted molar refractivity (Wildman–Crippen MR) is 249 cm³/mol. The molecule has 1 aromatic carbocycles. The zero-order valence-electron chi connectivity index (χ0n) is 40.5. The Kier molecular flexibility index (Phi) is 15.7. The topological polar surface area (TPSA) is 228 Å². The van der Waals surface area contributed by atoms with Crippen molar-refractivity contribution in [1.29, 1.82) is 0 Å². The van der Waals surface area contributed by atoms with E-state index in [0.717, 1.165) is 34.1 Å². The summed E-state index contributed by atoms with van der Waals surface area (Å²) in [5.74, 6) is -2.93. The number of aliphatic hydroxyl groups is 1. The minimum Gasteiger partial charge on any atom is -0.494 e. The van der Waals surface area contributed by atoms with Crippen LogP contribution in [0.1, 0.15) is 86.8 Å². The maximum Gasteiger partial charge on any atom is 0.410 e. The number of amides is 1. The summed E-state index contributed by atoms with van der Waals surface area (Å²) in [6.45, 7) is 17.3. The van der Waals surface area contributed by atoms with Crippen molar-refractivity contribution in [2.45, 2.75) is 148 Å². The van der Waals surface area contributed by atoms with Crippen LogP contribution in [-0.2, 0) is 46.2 Å². The van der Waals surface area contributed by atoms with Crippen molar-refractivity contribution < 1.29 is 47.9 Å². The Bertz CT molecular complexity index is 2220. The standard InChI is InChI=1S/C47H69N9O10S/c1-11-35-47(8)39-28(4)36(49-18-21-56(39)45(60)66-47)26(2)24-46(7,61-10)40(29(5)37(57)30(6)42(59)64-35)65-43-38(58)34(23-27(3)63-43)54(9)20-17-32-25-55(53-50-32)19-12-22-62-33-15-13-31(14-16-33)41-51-52-44(48)67-41/h13-16,25-30,34-35,38-40,43,58H,11-12,17-24H2,1-10H3,(H2,48,52)/t26-,27-,28+,29+,30-,34+,35-,38-,39-,40-,43+,46-,47-/m1/s1. The van der Waals surface area contributed by atoms with Gasteiger partial charge >= 0.3 is 12.1 Å². The number of hydrogen-bond donors (Lipinski definition) is 2. The van der Waals surface area contributed by atoms with Crippen LogP contribution in [0.2, 0.25) is 0 Å². The molecule has 13 atom stereocenters. The highest BCUT2D eigenvalue weighted by atomic mass is 32.1. The minimum atomic E-state index is -1.18. The van der Waals surface area contributed by atoms with E-state index in [-0.39, 0.29) is 24.0 Å². The van der Waals surface area contributed by atoms with E-state index in [4.69, 9.17) is 39.1 Å². The fraction of sp³-hybridized carbons (Fsp3) is 0.702. The molecule has 2 aromatic heterocycles. The van der Waals surface area contributed by atoms with Crippen molar-refractivity contribution in [3.63, 3.8) is 0 Å². The minimum absolute atomic E-state index is 0.199. The van der Waals surface area contributed by atoms with E-state index in [9.17, 15) is 19.5 Å². The van der Waals surface area contributed by atoms with Gasteiger partial charge in [-0.3, -0.25) is 24.2 Å². The molecule has 0 unspecified atom stereocenters. The molecule has 3 N–H and O–H groups in total. The number of esters is 1. The van der Waals surface area contributed by atoms with E-state index < -0.39 is 71.5 Å². The van der Waals surface area contributed by atoms with Crippen molar-refractivity contribution in [3.8, 4) is 16.3 Å². The number of ether oxygens (including phenoxy) is 6. The fourth-order valence-electron chi connectivity index (χ4n) is 10.7. The Balaban J connectivity index is 1.01. The molecule has 1 amide bonds.